The topological polar surface area (TPSA) is 46.3 Å². The molecule has 0 radical (unpaired) electrons. The van der Waals surface area contributed by atoms with Crippen LogP contribution >= 0.6 is 0 Å². The second-order valence-corrected chi connectivity index (χ2v) is 6.13. The summed E-state index contributed by atoms with van der Waals surface area (Å²) in [6.07, 6.45) is 1.03. The fourth-order valence-electron chi connectivity index (χ4n) is 2.70. The van der Waals surface area contributed by atoms with Crippen LogP contribution in [0.1, 0.15) is 31.4 Å². The van der Waals surface area contributed by atoms with E-state index in [1.54, 1.807) is 0 Å². The third kappa shape index (κ3) is 2.81. The molecule has 2 N–H and O–H groups in total. The summed E-state index contributed by atoms with van der Waals surface area (Å²) in [5.41, 5.74) is 7.54. The van der Waals surface area contributed by atoms with Gasteiger partial charge in [-0.1, -0.05) is 29.8 Å². The Labute approximate surface area is 115 Å². The van der Waals surface area contributed by atoms with Gasteiger partial charge in [-0.3, -0.25) is 4.79 Å². The minimum Gasteiger partial charge on any atom is -0.342 e. The van der Waals surface area contributed by atoms with Gasteiger partial charge in [-0.15, -0.1) is 0 Å². The molecule has 0 saturated carbocycles. The maximum Gasteiger partial charge on any atom is 0.232 e. The van der Waals surface area contributed by atoms with Gasteiger partial charge in [-0.25, -0.2) is 0 Å². The van der Waals surface area contributed by atoms with Crippen molar-refractivity contribution in [2.45, 2.75) is 32.6 Å². The molecule has 1 fully saturated rings. The smallest absolute Gasteiger partial charge is 0.232 e. The van der Waals surface area contributed by atoms with Crippen LogP contribution in [0.3, 0.4) is 0 Å². The number of carbonyl (C=O) groups is 1. The number of nitrogens with two attached hydrogens (primary N) is 1. The Hall–Kier alpha value is -1.35. The fourth-order valence-corrected chi connectivity index (χ4v) is 2.70. The summed E-state index contributed by atoms with van der Waals surface area (Å²) in [6, 6.07) is 8.25. The van der Waals surface area contributed by atoms with Gasteiger partial charge in [0.25, 0.3) is 0 Å². The van der Waals surface area contributed by atoms with E-state index in [1.807, 2.05) is 18.7 Å². The summed E-state index contributed by atoms with van der Waals surface area (Å²) in [5, 5.41) is 0. The van der Waals surface area contributed by atoms with Gasteiger partial charge in [0.2, 0.25) is 5.91 Å². The molecule has 3 nitrogen and oxygen atoms in total. The molecule has 0 spiro atoms. The zero-order valence-electron chi connectivity index (χ0n) is 12.1. The lowest BCUT2D eigenvalue weighted by atomic mass is 9.83. The van der Waals surface area contributed by atoms with Gasteiger partial charge in [-0.2, -0.15) is 0 Å². The maximum atomic E-state index is 12.7. The van der Waals surface area contributed by atoms with Gasteiger partial charge in [0.15, 0.2) is 0 Å². The van der Waals surface area contributed by atoms with E-state index in [9.17, 15) is 4.79 Å². The van der Waals surface area contributed by atoms with Gasteiger partial charge in [0.1, 0.15) is 0 Å². The number of nitrogens with zero attached hydrogens (tertiary/aromatic N) is 1. The standard InChI is InChI=1S/C16H24N2O/c1-12-4-6-14(7-5-12)16(2,3)15(19)18-9-8-13(10-17)11-18/h4-7,13H,8-11,17H2,1-3H3. The molecular formula is C16H24N2O. The van der Waals surface area contributed by atoms with Crippen molar-refractivity contribution in [3.63, 3.8) is 0 Å². The molecule has 1 saturated heterocycles. The molecule has 1 heterocycles. The summed E-state index contributed by atoms with van der Waals surface area (Å²) < 4.78 is 0. The molecule has 19 heavy (non-hydrogen) atoms. The third-order valence-electron chi connectivity index (χ3n) is 4.21. The predicted octanol–water partition coefficient (Wildman–Crippen LogP) is 2.08. The Morgan fingerprint density at radius 3 is 2.53 bits per heavy atom. The quantitative estimate of drug-likeness (QED) is 0.904. The van der Waals surface area contributed by atoms with Crippen molar-refractivity contribution in [1.29, 1.82) is 0 Å². The zero-order chi connectivity index (χ0) is 14.0. The minimum atomic E-state index is -0.461. The van der Waals surface area contributed by atoms with Crippen LogP contribution in [0, 0.1) is 12.8 Å². The summed E-state index contributed by atoms with van der Waals surface area (Å²) in [4.78, 5) is 14.7. The molecule has 0 aromatic heterocycles. The number of amides is 1. The molecule has 1 amide bonds. The number of carbonyl (C=O) groups excluding carboxylic acids is 1. The first-order valence-corrected chi connectivity index (χ1v) is 7.01. The van der Waals surface area contributed by atoms with Crippen LogP contribution in [0.15, 0.2) is 24.3 Å². The Bertz CT molecular complexity index is 450. The van der Waals surface area contributed by atoms with Crippen molar-refractivity contribution in [2.24, 2.45) is 11.7 Å². The van der Waals surface area contributed by atoms with Crippen LogP contribution < -0.4 is 5.73 Å². The SMILES string of the molecule is Cc1ccc(C(C)(C)C(=O)N2CCC(CN)C2)cc1. The molecule has 3 heteroatoms. The molecule has 1 aliphatic rings. The lowest BCUT2D eigenvalue weighted by Crippen LogP contribution is -2.42. The predicted molar refractivity (Wildman–Crippen MR) is 77.9 cm³/mol. The molecule has 1 aromatic carbocycles. The van der Waals surface area contributed by atoms with E-state index in [1.165, 1.54) is 5.56 Å². The first kappa shape index (κ1) is 14.1. The van der Waals surface area contributed by atoms with Crippen LogP contribution in [-0.4, -0.2) is 30.4 Å². The largest absolute Gasteiger partial charge is 0.342 e. The first-order chi connectivity index (χ1) is 8.95. The van der Waals surface area contributed by atoms with Crippen molar-refractivity contribution in [2.75, 3.05) is 19.6 Å². The van der Waals surface area contributed by atoms with Crippen molar-refractivity contribution < 1.29 is 4.79 Å². The van der Waals surface area contributed by atoms with Crippen LogP contribution in [0.2, 0.25) is 0 Å². The molecule has 2 rings (SSSR count). The van der Waals surface area contributed by atoms with Gasteiger partial charge in [0, 0.05) is 13.1 Å². The van der Waals surface area contributed by atoms with Crippen molar-refractivity contribution in [1.82, 2.24) is 4.90 Å². The lowest BCUT2D eigenvalue weighted by molar-refractivity contribution is -0.135. The van der Waals surface area contributed by atoms with Crippen molar-refractivity contribution in [3.05, 3.63) is 35.4 Å². The van der Waals surface area contributed by atoms with E-state index >= 15 is 0 Å². The highest BCUT2D eigenvalue weighted by Crippen LogP contribution is 2.28. The molecule has 1 aliphatic heterocycles. The number of benzene rings is 1. The molecule has 1 aromatic rings. The fraction of sp³-hybridized carbons (Fsp3) is 0.562. The van der Waals surface area contributed by atoms with Gasteiger partial charge >= 0.3 is 0 Å². The minimum absolute atomic E-state index is 0.215. The van der Waals surface area contributed by atoms with E-state index in [0.717, 1.165) is 25.1 Å². The number of likely N-dealkylation sites (tertiary alicyclic amines) is 1. The Morgan fingerprint density at radius 2 is 2.00 bits per heavy atom. The second-order valence-electron chi connectivity index (χ2n) is 6.13. The Balaban J connectivity index is 2.15. The van der Waals surface area contributed by atoms with E-state index < -0.39 is 5.41 Å². The summed E-state index contributed by atoms with van der Waals surface area (Å²) in [5.74, 6) is 0.685. The van der Waals surface area contributed by atoms with E-state index in [-0.39, 0.29) is 5.91 Å². The highest BCUT2D eigenvalue weighted by Gasteiger charge is 2.36. The first-order valence-electron chi connectivity index (χ1n) is 7.01. The number of rotatable bonds is 3. The Morgan fingerprint density at radius 1 is 1.37 bits per heavy atom. The van der Waals surface area contributed by atoms with Crippen molar-refractivity contribution in [3.8, 4) is 0 Å². The number of aryl methyl sites for hydroxylation is 1. The van der Waals surface area contributed by atoms with Crippen molar-refractivity contribution >= 4 is 5.91 Å². The molecular weight excluding hydrogens is 236 g/mol. The van der Waals surface area contributed by atoms with Crippen LogP contribution in [0.5, 0.6) is 0 Å². The molecule has 104 valence electrons. The average molecular weight is 260 g/mol. The molecule has 1 atom stereocenters. The second kappa shape index (κ2) is 5.33. The summed E-state index contributed by atoms with van der Waals surface area (Å²) in [7, 11) is 0. The van der Waals surface area contributed by atoms with Gasteiger partial charge < -0.3 is 10.6 Å². The summed E-state index contributed by atoms with van der Waals surface area (Å²) in [6.45, 7) is 8.41. The third-order valence-corrected chi connectivity index (χ3v) is 4.21. The average Bonchev–Trinajstić information content (AvgIpc) is 2.87. The van der Waals surface area contributed by atoms with E-state index in [2.05, 4.69) is 31.2 Å². The van der Waals surface area contributed by atoms with E-state index in [4.69, 9.17) is 5.73 Å². The monoisotopic (exact) mass is 260 g/mol. The van der Waals surface area contributed by atoms with Crippen LogP contribution in [0.25, 0.3) is 0 Å². The molecule has 1 unspecified atom stereocenters. The maximum absolute atomic E-state index is 12.7. The normalized spacial score (nSPS) is 19.8. The zero-order valence-corrected chi connectivity index (χ0v) is 12.1. The highest BCUT2D eigenvalue weighted by atomic mass is 16.2. The molecule has 0 bridgehead atoms. The molecule has 0 aliphatic carbocycles. The summed E-state index contributed by atoms with van der Waals surface area (Å²) >= 11 is 0. The van der Waals surface area contributed by atoms with Gasteiger partial charge in [-0.05, 0) is 45.2 Å². The lowest BCUT2D eigenvalue weighted by Gasteiger charge is -2.30. The number of hydrogen-bond acceptors (Lipinski definition) is 2. The Kier molecular flexibility index (Phi) is 3.95. The van der Waals surface area contributed by atoms with Crippen LogP contribution in [0.4, 0.5) is 0 Å². The van der Waals surface area contributed by atoms with E-state index in [0.29, 0.717) is 12.5 Å². The highest BCUT2D eigenvalue weighted by molar-refractivity contribution is 5.87. The van der Waals surface area contributed by atoms with Gasteiger partial charge in [0.05, 0.1) is 5.41 Å². The van der Waals surface area contributed by atoms with Crippen LogP contribution in [-0.2, 0) is 10.2 Å². The number of hydrogen-bond donors (Lipinski definition) is 1.